The number of hydrogen-bond acceptors (Lipinski definition) is 6. The van der Waals surface area contributed by atoms with Crippen molar-refractivity contribution in [2.24, 2.45) is 5.92 Å². The minimum absolute atomic E-state index is 0.0275. The van der Waals surface area contributed by atoms with E-state index in [0.29, 0.717) is 5.75 Å². The number of amides is 1. The van der Waals surface area contributed by atoms with Crippen molar-refractivity contribution in [1.29, 1.82) is 0 Å². The molecule has 1 saturated carbocycles. The topological polar surface area (TPSA) is 95.9 Å². The lowest BCUT2D eigenvalue weighted by Crippen LogP contribution is -2.51. The van der Waals surface area contributed by atoms with E-state index in [1.165, 1.54) is 12.1 Å². The van der Waals surface area contributed by atoms with Crippen LogP contribution in [0.3, 0.4) is 0 Å². The van der Waals surface area contributed by atoms with E-state index in [1.54, 1.807) is 29.4 Å². The Kier molecular flexibility index (Phi) is 7.25. The van der Waals surface area contributed by atoms with Crippen molar-refractivity contribution < 1.29 is 23.2 Å². The summed E-state index contributed by atoms with van der Waals surface area (Å²) in [6, 6.07) is 5.47. The van der Waals surface area contributed by atoms with Gasteiger partial charge in [0, 0.05) is 6.04 Å². The number of nitrogens with one attached hydrogen (secondary N) is 1. The van der Waals surface area contributed by atoms with Gasteiger partial charge in [-0.25, -0.2) is 13.9 Å². The molecule has 1 atom stereocenters. The van der Waals surface area contributed by atoms with Gasteiger partial charge in [0.05, 0.1) is 10.9 Å². The van der Waals surface area contributed by atoms with E-state index >= 15 is 0 Å². The number of hydroxylamine groups is 1. The molecule has 8 heteroatoms. The SMILES string of the molecule is CC#CCOc1ccc(S(=O)(=O)CN(C2CC2)C(C(=O)NO)C(C)C)cc1. The van der Waals surface area contributed by atoms with Crippen LogP contribution in [0.15, 0.2) is 29.2 Å². The van der Waals surface area contributed by atoms with Crippen LogP contribution in [0.2, 0.25) is 0 Å². The second-order valence-electron chi connectivity index (χ2n) is 6.84. The van der Waals surface area contributed by atoms with Crippen LogP contribution in [0, 0.1) is 17.8 Å². The Labute approximate surface area is 160 Å². The summed E-state index contributed by atoms with van der Waals surface area (Å²) in [5.41, 5.74) is 1.66. The molecule has 0 spiro atoms. The fourth-order valence-corrected chi connectivity index (χ4v) is 4.39. The molecule has 2 N–H and O–H groups in total. The summed E-state index contributed by atoms with van der Waals surface area (Å²) in [6.07, 6.45) is 1.67. The number of carbonyl (C=O) groups excluding carboxylic acids is 1. The minimum Gasteiger partial charge on any atom is -0.481 e. The average molecular weight is 394 g/mol. The van der Waals surface area contributed by atoms with E-state index in [4.69, 9.17) is 9.94 Å². The van der Waals surface area contributed by atoms with Gasteiger partial charge in [-0.15, -0.1) is 5.92 Å². The minimum atomic E-state index is -3.65. The standard InChI is InChI=1S/C19H26N2O5S/c1-4-5-12-26-16-8-10-17(11-9-16)27(24,25)13-21(15-6-7-15)18(14(2)3)19(22)20-23/h8-11,14-15,18,23H,6-7,12-13H2,1-3H3,(H,20,22). The van der Waals surface area contributed by atoms with E-state index in [2.05, 4.69) is 11.8 Å². The highest BCUT2D eigenvalue weighted by Gasteiger charge is 2.41. The van der Waals surface area contributed by atoms with Crippen LogP contribution in [0.5, 0.6) is 5.75 Å². The van der Waals surface area contributed by atoms with Crippen molar-refractivity contribution in [2.45, 2.75) is 50.6 Å². The molecule has 0 saturated heterocycles. The first-order valence-electron chi connectivity index (χ1n) is 8.85. The predicted molar refractivity (Wildman–Crippen MR) is 101 cm³/mol. The normalized spacial score (nSPS) is 15.2. The molecule has 1 aliphatic rings. The predicted octanol–water partition coefficient (Wildman–Crippen LogP) is 1.81. The fourth-order valence-electron chi connectivity index (χ4n) is 2.93. The zero-order chi connectivity index (χ0) is 20.0. The summed E-state index contributed by atoms with van der Waals surface area (Å²) in [6.45, 7) is 5.61. The monoisotopic (exact) mass is 394 g/mol. The number of ether oxygens (including phenoxy) is 1. The molecule has 0 radical (unpaired) electrons. The molecule has 1 fully saturated rings. The first-order chi connectivity index (χ1) is 12.8. The largest absolute Gasteiger partial charge is 0.481 e. The first-order valence-corrected chi connectivity index (χ1v) is 10.5. The number of hydrogen-bond donors (Lipinski definition) is 2. The third-order valence-corrected chi connectivity index (χ3v) is 6.00. The summed E-state index contributed by atoms with van der Waals surface area (Å²) in [7, 11) is -3.65. The highest BCUT2D eigenvalue weighted by Crippen LogP contribution is 2.32. The molecule has 0 bridgehead atoms. The van der Waals surface area contributed by atoms with Gasteiger partial charge < -0.3 is 4.74 Å². The maximum absolute atomic E-state index is 12.9. The van der Waals surface area contributed by atoms with Crippen molar-refractivity contribution in [2.75, 3.05) is 12.5 Å². The second-order valence-corrected chi connectivity index (χ2v) is 8.80. The van der Waals surface area contributed by atoms with Crippen LogP contribution in [-0.2, 0) is 14.6 Å². The molecule has 0 heterocycles. The van der Waals surface area contributed by atoms with Gasteiger partial charge in [-0.1, -0.05) is 19.8 Å². The molecule has 2 rings (SSSR count). The van der Waals surface area contributed by atoms with Crippen LogP contribution in [0.4, 0.5) is 0 Å². The Hall–Kier alpha value is -2.08. The molecule has 7 nitrogen and oxygen atoms in total. The molecule has 1 unspecified atom stereocenters. The fraction of sp³-hybridized carbons (Fsp3) is 0.526. The third kappa shape index (κ3) is 5.70. The van der Waals surface area contributed by atoms with E-state index in [9.17, 15) is 13.2 Å². The van der Waals surface area contributed by atoms with Crippen molar-refractivity contribution in [1.82, 2.24) is 10.4 Å². The Morgan fingerprint density at radius 2 is 1.96 bits per heavy atom. The van der Waals surface area contributed by atoms with Crippen LogP contribution in [0.1, 0.15) is 33.6 Å². The molecule has 1 aliphatic carbocycles. The first kappa shape index (κ1) is 21.2. The van der Waals surface area contributed by atoms with E-state index in [1.807, 2.05) is 13.8 Å². The van der Waals surface area contributed by atoms with Crippen molar-refractivity contribution in [3.05, 3.63) is 24.3 Å². The molecule has 0 aromatic heterocycles. The van der Waals surface area contributed by atoms with E-state index < -0.39 is 21.8 Å². The lowest BCUT2D eigenvalue weighted by molar-refractivity contribution is -0.136. The quantitative estimate of drug-likeness (QED) is 0.377. The Morgan fingerprint density at radius 1 is 1.33 bits per heavy atom. The van der Waals surface area contributed by atoms with Crippen molar-refractivity contribution in [3.63, 3.8) is 0 Å². The Bertz CT molecular complexity index is 805. The van der Waals surface area contributed by atoms with Gasteiger partial charge >= 0.3 is 0 Å². The molecule has 148 valence electrons. The van der Waals surface area contributed by atoms with Gasteiger partial charge in [0.2, 0.25) is 0 Å². The lowest BCUT2D eigenvalue weighted by Gasteiger charge is -2.32. The third-order valence-electron chi connectivity index (χ3n) is 4.37. The summed E-state index contributed by atoms with van der Waals surface area (Å²) in [4.78, 5) is 13.9. The molecule has 1 aromatic rings. The highest BCUT2D eigenvalue weighted by molar-refractivity contribution is 7.91. The highest BCUT2D eigenvalue weighted by atomic mass is 32.2. The number of sulfone groups is 1. The molecule has 0 aliphatic heterocycles. The van der Waals surface area contributed by atoms with Gasteiger partial charge in [-0.05, 0) is 49.9 Å². The summed E-state index contributed by atoms with van der Waals surface area (Å²) >= 11 is 0. The molecule has 27 heavy (non-hydrogen) atoms. The number of rotatable bonds is 9. The Balaban J connectivity index is 2.18. The molecular weight excluding hydrogens is 368 g/mol. The number of benzene rings is 1. The lowest BCUT2D eigenvalue weighted by atomic mass is 10.0. The van der Waals surface area contributed by atoms with Crippen LogP contribution >= 0.6 is 0 Å². The smallest absolute Gasteiger partial charge is 0.260 e. The molecular formula is C19H26N2O5S. The molecule has 1 amide bonds. The van der Waals surface area contributed by atoms with Gasteiger partial charge in [-0.2, -0.15) is 0 Å². The van der Waals surface area contributed by atoms with Crippen LogP contribution < -0.4 is 10.2 Å². The van der Waals surface area contributed by atoms with Gasteiger partial charge in [-0.3, -0.25) is 14.9 Å². The zero-order valence-corrected chi connectivity index (χ0v) is 16.6. The number of carbonyl (C=O) groups is 1. The van der Waals surface area contributed by atoms with Gasteiger partial charge in [0.1, 0.15) is 18.2 Å². The van der Waals surface area contributed by atoms with Crippen LogP contribution in [0.25, 0.3) is 0 Å². The second kappa shape index (κ2) is 9.22. The molecule has 1 aromatic carbocycles. The maximum atomic E-state index is 12.9. The summed E-state index contributed by atoms with van der Waals surface area (Å²) in [5, 5.41) is 9.04. The average Bonchev–Trinajstić information content (AvgIpc) is 3.46. The van der Waals surface area contributed by atoms with E-state index in [-0.39, 0.29) is 29.3 Å². The Morgan fingerprint density at radius 3 is 2.44 bits per heavy atom. The number of nitrogens with zero attached hydrogens (tertiary/aromatic N) is 1. The van der Waals surface area contributed by atoms with E-state index in [0.717, 1.165) is 12.8 Å². The summed E-state index contributed by atoms with van der Waals surface area (Å²) in [5.74, 6) is 5.00. The maximum Gasteiger partial charge on any atom is 0.260 e. The van der Waals surface area contributed by atoms with Gasteiger partial charge in [0.25, 0.3) is 5.91 Å². The van der Waals surface area contributed by atoms with Gasteiger partial charge in [0.15, 0.2) is 9.84 Å². The van der Waals surface area contributed by atoms with Crippen molar-refractivity contribution >= 4 is 15.7 Å². The van der Waals surface area contributed by atoms with Crippen LogP contribution in [-0.4, -0.2) is 49.0 Å². The summed E-state index contributed by atoms with van der Waals surface area (Å²) < 4.78 is 31.2. The van der Waals surface area contributed by atoms with Crippen molar-refractivity contribution in [3.8, 4) is 17.6 Å². The zero-order valence-electron chi connectivity index (χ0n) is 15.8.